The first-order valence-corrected chi connectivity index (χ1v) is 10.9. The minimum Gasteiger partial charge on any atom is -0.466 e. The van der Waals surface area contributed by atoms with Gasteiger partial charge in [-0.2, -0.15) is 13.2 Å². The van der Waals surface area contributed by atoms with Crippen LogP contribution in [0.5, 0.6) is 0 Å². The molecule has 2 atom stereocenters. The monoisotopic (exact) mass is 460 g/mol. The van der Waals surface area contributed by atoms with Crippen molar-refractivity contribution in [1.29, 1.82) is 0 Å². The fourth-order valence-corrected chi connectivity index (χ4v) is 3.43. The van der Waals surface area contributed by atoms with Crippen molar-refractivity contribution in [2.24, 2.45) is 0 Å². The lowest BCUT2D eigenvalue weighted by molar-refractivity contribution is -0.396. The van der Waals surface area contributed by atoms with Crippen molar-refractivity contribution in [2.45, 2.75) is 69.9 Å². The summed E-state index contributed by atoms with van der Waals surface area (Å²) in [5.41, 5.74) is 2.09. The molecule has 0 saturated carbocycles. The van der Waals surface area contributed by atoms with Crippen LogP contribution < -0.4 is 10.8 Å². The summed E-state index contributed by atoms with van der Waals surface area (Å²) in [4.78, 5) is 28.7. The van der Waals surface area contributed by atoms with E-state index in [2.05, 4.69) is 5.32 Å². The smallest absolute Gasteiger partial charge is 0.445 e. The summed E-state index contributed by atoms with van der Waals surface area (Å²) in [5, 5.41) is 3.06. The topological polar surface area (TPSA) is 85.9 Å². The Hall–Kier alpha value is -2.17. The number of piperidine rings is 1. The molecule has 1 aromatic carbocycles. The quantitative estimate of drug-likeness (QED) is 0.213. The maximum Gasteiger partial charge on any atom is 0.445 e. The lowest BCUT2D eigenvalue weighted by Gasteiger charge is -2.38. The first-order valence-electron chi connectivity index (χ1n) is 10.9. The molecule has 1 heterocycles. The highest BCUT2D eigenvalue weighted by Crippen LogP contribution is 2.39. The average Bonchev–Trinajstić information content (AvgIpc) is 2.77. The standard InChI is InChI=1S/C22H31F3N2O5/c1-2-30-19(28)13-7-9-15-31-21(22(23,24)25,16-18-12-6-8-14-26-18)32-27-20(29)17-10-4-3-5-11-17/h3-5,10-11,18,26H,2,6-9,12-16H2,1H3,(H,27,29). The van der Waals surface area contributed by atoms with Crippen LogP contribution in [0.1, 0.15) is 62.2 Å². The molecule has 2 unspecified atom stereocenters. The summed E-state index contributed by atoms with van der Waals surface area (Å²) in [6.45, 7) is 2.23. The Morgan fingerprint density at radius 1 is 1.16 bits per heavy atom. The van der Waals surface area contributed by atoms with Crippen LogP contribution in [0.2, 0.25) is 0 Å². The minimum atomic E-state index is -4.91. The van der Waals surface area contributed by atoms with Gasteiger partial charge in [-0.3, -0.25) is 9.59 Å². The first kappa shape index (κ1) is 26.1. The summed E-state index contributed by atoms with van der Waals surface area (Å²) < 4.78 is 52.7. The molecule has 2 N–H and O–H groups in total. The Morgan fingerprint density at radius 2 is 1.91 bits per heavy atom. The van der Waals surface area contributed by atoms with Gasteiger partial charge >= 0.3 is 12.1 Å². The van der Waals surface area contributed by atoms with Crippen LogP contribution in [-0.4, -0.2) is 49.6 Å². The third-order valence-corrected chi connectivity index (χ3v) is 5.12. The van der Waals surface area contributed by atoms with E-state index in [1.807, 2.05) is 5.48 Å². The van der Waals surface area contributed by atoms with Crippen LogP contribution in [-0.2, 0) is 19.1 Å². The molecule has 0 spiro atoms. The molecule has 0 aliphatic carbocycles. The number of nitrogens with one attached hydrogen (secondary N) is 2. The van der Waals surface area contributed by atoms with Crippen molar-refractivity contribution >= 4 is 11.9 Å². The number of carbonyl (C=O) groups is 2. The predicted molar refractivity (Wildman–Crippen MR) is 110 cm³/mol. The molecule has 1 fully saturated rings. The number of carbonyl (C=O) groups excluding carboxylic acids is 2. The number of amides is 1. The molecular weight excluding hydrogens is 429 g/mol. The van der Waals surface area contributed by atoms with Gasteiger partial charge in [0.05, 0.1) is 13.2 Å². The normalized spacial score (nSPS) is 18.6. The lowest BCUT2D eigenvalue weighted by Crippen LogP contribution is -2.57. The molecule has 0 radical (unpaired) electrons. The van der Waals surface area contributed by atoms with E-state index in [1.165, 1.54) is 12.1 Å². The molecule has 10 heteroatoms. The van der Waals surface area contributed by atoms with Crippen LogP contribution in [0.15, 0.2) is 30.3 Å². The zero-order chi connectivity index (χ0) is 23.5. The molecule has 0 bridgehead atoms. The number of hydroxylamine groups is 1. The summed E-state index contributed by atoms with van der Waals surface area (Å²) in [7, 11) is 0. The van der Waals surface area contributed by atoms with E-state index < -0.39 is 36.3 Å². The van der Waals surface area contributed by atoms with Gasteiger partial charge < -0.3 is 14.8 Å². The second-order valence-electron chi connectivity index (χ2n) is 7.61. The Morgan fingerprint density at radius 3 is 2.53 bits per heavy atom. The molecule has 1 amide bonds. The molecule has 1 saturated heterocycles. The molecule has 2 rings (SSSR count). The molecule has 0 aromatic heterocycles. The third-order valence-electron chi connectivity index (χ3n) is 5.12. The third kappa shape index (κ3) is 8.07. The van der Waals surface area contributed by atoms with Crippen LogP contribution in [0.4, 0.5) is 13.2 Å². The minimum absolute atomic E-state index is 0.0893. The van der Waals surface area contributed by atoms with Crippen molar-refractivity contribution in [3.8, 4) is 0 Å². The van der Waals surface area contributed by atoms with Gasteiger partial charge in [0.1, 0.15) is 0 Å². The van der Waals surface area contributed by atoms with E-state index in [0.29, 0.717) is 19.4 Å². The van der Waals surface area contributed by atoms with Crippen LogP contribution in [0, 0.1) is 0 Å². The summed E-state index contributed by atoms with van der Waals surface area (Å²) in [6, 6.07) is 7.33. The van der Waals surface area contributed by atoms with Gasteiger partial charge in [-0.15, -0.1) is 0 Å². The summed E-state index contributed by atoms with van der Waals surface area (Å²) in [5.74, 6) is -4.23. The van der Waals surface area contributed by atoms with Gasteiger partial charge in [0.25, 0.3) is 11.7 Å². The highest BCUT2D eigenvalue weighted by molar-refractivity contribution is 5.93. The molecule has 1 aliphatic rings. The highest BCUT2D eigenvalue weighted by atomic mass is 19.4. The largest absolute Gasteiger partial charge is 0.466 e. The van der Waals surface area contributed by atoms with E-state index in [4.69, 9.17) is 14.3 Å². The number of halogens is 3. The number of hydrogen-bond acceptors (Lipinski definition) is 6. The maximum atomic E-state index is 14.2. The van der Waals surface area contributed by atoms with Gasteiger partial charge in [0.2, 0.25) is 0 Å². The zero-order valence-electron chi connectivity index (χ0n) is 18.2. The number of benzene rings is 1. The molecular formula is C22H31F3N2O5. The Labute approximate surface area is 185 Å². The van der Waals surface area contributed by atoms with Crippen molar-refractivity contribution < 1.29 is 37.1 Å². The van der Waals surface area contributed by atoms with E-state index in [-0.39, 0.29) is 31.6 Å². The first-order chi connectivity index (χ1) is 15.3. The molecule has 1 aliphatic heterocycles. The molecule has 7 nitrogen and oxygen atoms in total. The second kappa shape index (κ2) is 12.8. The van der Waals surface area contributed by atoms with E-state index in [9.17, 15) is 22.8 Å². The van der Waals surface area contributed by atoms with Gasteiger partial charge in [-0.25, -0.2) is 10.3 Å². The van der Waals surface area contributed by atoms with Crippen molar-refractivity contribution in [1.82, 2.24) is 10.8 Å². The van der Waals surface area contributed by atoms with Crippen LogP contribution in [0.25, 0.3) is 0 Å². The van der Waals surface area contributed by atoms with E-state index >= 15 is 0 Å². The number of rotatable bonds is 12. The maximum absolute atomic E-state index is 14.2. The number of esters is 1. The van der Waals surface area contributed by atoms with E-state index in [0.717, 1.165) is 12.8 Å². The molecule has 1 aromatic rings. The van der Waals surface area contributed by atoms with E-state index in [1.54, 1.807) is 25.1 Å². The Bertz CT molecular complexity index is 711. The Balaban J connectivity index is 2.07. The molecule has 32 heavy (non-hydrogen) atoms. The van der Waals surface area contributed by atoms with Crippen LogP contribution in [0.3, 0.4) is 0 Å². The van der Waals surface area contributed by atoms with Gasteiger partial charge in [0.15, 0.2) is 0 Å². The zero-order valence-corrected chi connectivity index (χ0v) is 18.2. The number of alkyl halides is 3. The number of unbranched alkanes of at least 4 members (excludes halogenated alkanes) is 1. The fraction of sp³-hybridized carbons (Fsp3) is 0.636. The predicted octanol–water partition coefficient (Wildman–Crippen LogP) is 3.89. The fourth-order valence-electron chi connectivity index (χ4n) is 3.43. The van der Waals surface area contributed by atoms with Crippen molar-refractivity contribution in [3.05, 3.63) is 35.9 Å². The van der Waals surface area contributed by atoms with Gasteiger partial charge in [-0.05, 0) is 51.3 Å². The second-order valence-corrected chi connectivity index (χ2v) is 7.61. The van der Waals surface area contributed by atoms with Crippen LogP contribution >= 0.6 is 0 Å². The van der Waals surface area contributed by atoms with Crippen molar-refractivity contribution in [2.75, 3.05) is 19.8 Å². The van der Waals surface area contributed by atoms with Gasteiger partial charge in [-0.1, -0.05) is 24.6 Å². The Kier molecular flexibility index (Phi) is 10.4. The number of hydrogen-bond donors (Lipinski definition) is 2. The highest BCUT2D eigenvalue weighted by Gasteiger charge is 2.59. The van der Waals surface area contributed by atoms with Crippen molar-refractivity contribution in [3.63, 3.8) is 0 Å². The number of ether oxygens (including phenoxy) is 2. The SMILES string of the molecule is CCOC(=O)CCCCOC(CC1CCCCN1)(ONC(=O)c1ccccc1)C(F)(F)F. The van der Waals surface area contributed by atoms with Gasteiger partial charge in [0, 0.05) is 24.4 Å². The lowest BCUT2D eigenvalue weighted by atomic mass is 9.97. The summed E-state index contributed by atoms with van der Waals surface area (Å²) >= 11 is 0. The summed E-state index contributed by atoms with van der Waals surface area (Å²) in [6.07, 6.45) is -2.60. The molecule has 180 valence electrons. The average molecular weight is 460 g/mol.